The van der Waals surface area contributed by atoms with Crippen molar-refractivity contribution < 1.29 is 23.5 Å². The van der Waals surface area contributed by atoms with Crippen LogP contribution in [0, 0.1) is 5.82 Å². The van der Waals surface area contributed by atoms with Crippen molar-refractivity contribution in [2.24, 2.45) is 0 Å². The summed E-state index contributed by atoms with van der Waals surface area (Å²) in [7, 11) is 0. The van der Waals surface area contributed by atoms with Crippen molar-refractivity contribution in [3.63, 3.8) is 0 Å². The Bertz CT molecular complexity index is 906. The number of nitrogens with one attached hydrogen (secondary N) is 1. The van der Waals surface area contributed by atoms with E-state index in [0.717, 1.165) is 18.4 Å². The zero-order chi connectivity index (χ0) is 21.6. The first-order chi connectivity index (χ1) is 14.4. The van der Waals surface area contributed by atoms with Crippen LogP contribution in [0.2, 0.25) is 0 Å². The third-order valence-electron chi connectivity index (χ3n) is 5.68. The van der Waals surface area contributed by atoms with Gasteiger partial charge >= 0.3 is 5.97 Å². The highest BCUT2D eigenvalue weighted by atomic mass is 19.1. The number of benzene rings is 2. The third kappa shape index (κ3) is 4.93. The lowest BCUT2D eigenvalue weighted by molar-refractivity contribution is -0.154. The van der Waals surface area contributed by atoms with Crippen LogP contribution < -0.4 is 5.32 Å². The second-order valence-corrected chi connectivity index (χ2v) is 7.77. The summed E-state index contributed by atoms with van der Waals surface area (Å²) in [5.41, 5.74) is 0.174. The minimum atomic E-state index is -1.06. The molecule has 1 N–H and O–H groups in total. The molecule has 3 rings (SSSR count). The molecular weight excluding hydrogens is 385 g/mol. The Balaban J connectivity index is 1.63. The molecule has 0 radical (unpaired) electrons. The van der Waals surface area contributed by atoms with Gasteiger partial charge in [-0.15, -0.1) is 0 Å². The molecule has 0 spiro atoms. The molecule has 0 unspecified atom stereocenters. The lowest BCUT2D eigenvalue weighted by atomic mass is 9.78. The minimum absolute atomic E-state index is 0.183. The van der Waals surface area contributed by atoms with Gasteiger partial charge in [-0.05, 0) is 37.8 Å². The van der Waals surface area contributed by atoms with Gasteiger partial charge in [0.25, 0.3) is 5.91 Å². The molecule has 0 heterocycles. The Morgan fingerprint density at radius 3 is 2.30 bits per heavy atom. The molecule has 6 heteroatoms. The fourth-order valence-electron chi connectivity index (χ4n) is 4.06. The number of Topliss-reactive ketones (excluding diaryl/α,β-unsaturated/α-hetero) is 1. The average molecular weight is 411 g/mol. The van der Waals surface area contributed by atoms with Gasteiger partial charge in [-0.25, -0.2) is 4.39 Å². The summed E-state index contributed by atoms with van der Waals surface area (Å²) in [5.74, 6) is -1.78. The number of halogens is 1. The van der Waals surface area contributed by atoms with Crippen molar-refractivity contribution in [2.45, 2.75) is 50.5 Å². The fraction of sp³-hybridized carbons (Fsp3) is 0.375. The molecule has 5 nitrogen and oxygen atoms in total. The summed E-state index contributed by atoms with van der Waals surface area (Å²) >= 11 is 0. The van der Waals surface area contributed by atoms with E-state index < -0.39 is 35.8 Å². The molecule has 1 amide bonds. The molecule has 0 aromatic heterocycles. The zero-order valence-corrected chi connectivity index (χ0v) is 17.0. The molecule has 1 aliphatic carbocycles. The molecule has 0 bridgehead atoms. The standard InChI is InChI=1S/C24H26FNO4/c1-17(27)21(15-18-9-3-2-4-10-18)26-22(28)16-30-23(29)24(13-7-8-14-24)19-11-5-6-12-20(19)25/h2-6,9-12,21H,7-8,13-16H2,1H3,(H,26,28)/t21-/m0/s1. The van der Waals surface area contributed by atoms with E-state index in [1.54, 1.807) is 18.2 Å². The highest BCUT2D eigenvalue weighted by Gasteiger charge is 2.46. The summed E-state index contributed by atoms with van der Waals surface area (Å²) < 4.78 is 19.7. The van der Waals surface area contributed by atoms with Crippen LogP contribution in [-0.2, 0) is 31.0 Å². The first-order valence-corrected chi connectivity index (χ1v) is 10.2. The summed E-state index contributed by atoms with van der Waals surface area (Å²) in [6, 6.07) is 14.9. The molecular formula is C24H26FNO4. The molecule has 30 heavy (non-hydrogen) atoms. The monoisotopic (exact) mass is 411 g/mol. The molecule has 1 atom stereocenters. The normalized spacial score (nSPS) is 15.9. The quantitative estimate of drug-likeness (QED) is 0.675. The van der Waals surface area contributed by atoms with Crippen LogP contribution in [0.3, 0.4) is 0 Å². The molecule has 2 aromatic rings. The number of hydrogen-bond donors (Lipinski definition) is 1. The largest absolute Gasteiger partial charge is 0.455 e. The van der Waals surface area contributed by atoms with Crippen LogP contribution >= 0.6 is 0 Å². The highest BCUT2D eigenvalue weighted by molar-refractivity contribution is 5.90. The maximum atomic E-state index is 14.4. The topological polar surface area (TPSA) is 72.5 Å². The van der Waals surface area contributed by atoms with E-state index in [0.29, 0.717) is 24.8 Å². The molecule has 2 aromatic carbocycles. The number of hydrogen-bond acceptors (Lipinski definition) is 4. The number of ketones is 1. The lowest BCUT2D eigenvalue weighted by Gasteiger charge is -2.27. The third-order valence-corrected chi connectivity index (χ3v) is 5.68. The Morgan fingerprint density at radius 2 is 1.67 bits per heavy atom. The number of rotatable bonds is 8. The van der Waals surface area contributed by atoms with Crippen molar-refractivity contribution in [3.8, 4) is 0 Å². The van der Waals surface area contributed by atoms with Gasteiger partial charge in [0.1, 0.15) is 5.82 Å². The van der Waals surface area contributed by atoms with Crippen molar-refractivity contribution in [3.05, 3.63) is 71.5 Å². The van der Waals surface area contributed by atoms with Crippen LogP contribution in [0.25, 0.3) is 0 Å². The van der Waals surface area contributed by atoms with E-state index >= 15 is 0 Å². The van der Waals surface area contributed by atoms with Crippen molar-refractivity contribution >= 4 is 17.7 Å². The zero-order valence-electron chi connectivity index (χ0n) is 17.0. The van der Waals surface area contributed by atoms with Crippen LogP contribution in [0.1, 0.15) is 43.7 Å². The van der Waals surface area contributed by atoms with Gasteiger partial charge in [0.2, 0.25) is 0 Å². The van der Waals surface area contributed by atoms with Crippen LogP contribution in [0.5, 0.6) is 0 Å². The fourth-order valence-corrected chi connectivity index (χ4v) is 4.06. The van der Waals surface area contributed by atoms with E-state index in [4.69, 9.17) is 4.74 Å². The predicted molar refractivity (Wildman–Crippen MR) is 110 cm³/mol. The van der Waals surface area contributed by atoms with Crippen molar-refractivity contribution in [2.75, 3.05) is 6.61 Å². The van der Waals surface area contributed by atoms with E-state index in [9.17, 15) is 18.8 Å². The van der Waals surface area contributed by atoms with Gasteiger partial charge in [0.05, 0.1) is 11.5 Å². The highest BCUT2D eigenvalue weighted by Crippen LogP contribution is 2.43. The maximum Gasteiger partial charge on any atom is 0.317 e. The number of ether oxygens (including phenoxy) is 1. The van der Waals surface area contributed by atoms with Gasteiger partial charge < -0.3 is 10.1 Å². The van der Waals surface area contributed by atoms with E-state index in [1.807, 2.05) is 30.3 Å². The average Bonchev–Trinajstić information content (AvgIpc) is 3.23. The predicted octanol–water partition coefficient (Wildman–Crippen LogP) is 3.50. The van der Waals surface area contributed by atoms with Crippen molar-refractivity contribution in [1.82, 2.24) is 5.32 Å². The molecule has 0 saturated heterocycles. The van der Waals surface area contributed by atoms with Gasteiger partial charge in [-0.2, -0.15) is 0 Å². The van der Waals surface area contributed by atoms with Gasteiger partial charge in [0, 0.05) is 5.56 Å². The van der Waals surface area contributed by atoms with Crippen LogP contribution in [0.4, 0.5) is 4.39 Å². The summed E-state index contributed by atoms with van der Waals surface area (Å²) in [4.78, 5) is 37.2. The summed E-state index contributed by atoms with van der Waals surface area (Å²) in [6.45, 7) is 0.902. The Labute approximate surface area is 175 Å². The second kappa shape index (κ2) is 9.65. The number of amides is 1. The Morgan fingerprint density at radius 1 is 1.03 bits per heavy atom. The Kier molecular flexibility index (Phi) is 6.98. The lowest BCUT2D eigenvalue weighted by Crippen LogP contribution is -2.44. The van der Waals surface area contributed by atoms with E-state index in [1.165, 1.54) is 13.0 Å². The molecule has 1 fully saturated rings. The first-order valence-electron chi connectivity index (χ1n) is 10.2. The second-order valence-electron chi connectivity index (χ2n) is 7.77. The molecule has 1 aliphatic rings. The number of carbonyl (C=O) groups excluding carboxylic acids is 3. The summed E-state index contributed by atoms with van der Waals surface area (Å²) in [6.07, 6.45) is 2.91. The van der Waals surface area contributed by atoms with Crippen LogP contribution in [0.15, 0.2) is 54.6 Å². The smallest absolute Gasteiger partial charge is 0.317 e. The number of esters is 1. The Hall–Kier alpha value is -3.02. The van der Waals surface area contributed by atoms with E-state index in [2.05, 4.69) is 5.32 Å². The minimum Gasteiger partial charge on any atom is -0.455 e. The summed E-state index contributed by atoms with van der Waals surface area (Å²) in [5, 5.41) is 2.63. The molecule has 1 saturated carbocycles. The molecule has 0 aliphatic heterocycles. The molecule has 158 valence electrons. The van der Waals surface area contributed by atoms with Crippen molar-refractivity contribution in [1.29, 1.82) is 0 Å². The maximum absolute atomic E-state index is 14.4. The SMILES string of the molecule is CC(=O)[C@H](Cc1ccccc1)NC(=O)COC(=O)C1(c2ccccc2F)CCCC1. The van der Waals surface area contributed by atoms with Crippen LogP contribution in [-0.4, -0.2) is 30.3 Å². The first kappa shape index (κ1) is 21.7. The number of carbonyl (C=O) groups is 3. The van der Waals surface area contributed by atoms with Gasteiger partial charge in [-0.1, -0.05) is 61.4 Å². The van der Waals surface area contributed by atoms with Gasteiger partial charge in [-0.3, -0.25) is 14.4 Å². The van der Waals surface area contributed by atoms with E-state index in [-0.39, 0.29) is 5.78 Å². The van der Waals surface area contributed by atoms with Gasteiger partial charge in [0.15, 0.2) is 12.4 Å².